The number of nitrogens with zero attached hydrogens (tertiary/aromatic N) is 4. The van der Waals surface area contributed by atoms with E-state index in [1.165, 1.54) is 19.1 Å². The SMILES string of the molecule is CS(=O)(=O)N1CCCC(Cc2cc(N3CCCC3)ncn2)C1. The molecule has 3 heterocycles. The number of anilines is 1. The summed E-state index contributed by atoms with van der Waals surface area (Å²) in [5.41, 5.74) is 1.03. The van der Waals surface area contributed by atoms with Crippen LogP contribution < -0.4 is 4.90 Å². The summed E-state index contributed by atoms with van der Waals surface area (Å²) in [7, 11) is -3.08. The summed E-state index contributed by atoms with van der Waals surface area (Å²) < 4.78 is 25.0. The van der Waals surface area contributed by atoms with Gasteiger partial charge in [0, 0.05) is 37.9 Å². The van der Waals surface area contributed by atoms with Gasteiger partial charge in [0.05, 0.1) is 6.26 Å². The molecule has 0 saturated carbocycles. The summed E-state index contributed by atoms with van der Waals surface area (Å²) in [4.78, 5) is 11.1. The van der Waals surface area contributed by atoms with Crippen LogP contribution in [0.15, 0.2) is 12.4 Å². The molecule has 22 heavy (non-hydrogen) atoms. The Labute approximate surface area is 132 Å². The zero-order chi connectivity index (χ0) is 15.6. The van der Waals surface area contributed by atoms with Crippen molar-refractivity contribution in [2.75, 3.05) is 37.3 Å². The van der Waals surface area contributed by atoms with Gasteiger partial charge >= 0.3 is 0 Å². The molecule has 0 bridgehead atoms. The topological polar surface area (TPSA) is 66.4 Å². The Kier molecular flexibility index (Phi) is 4.63. The fourth-order valence-electron chi connectivity index (χ4n) is 3.41. The lowest BCUT2D eigenvalue weighted by molar-refractivity contribution is 0.265. The molecule has 122 valence electrons. The van der Waals surface area contributed by atoms with Crippen LogP contribution in [-0.4, -0.2) is 55.1 Å². The van der Waals surface area contributed by atoms with Crippen LogP contribution in [0, 0.1) is 5.92 Å². The summed E-state index contributed by atoms with van der Waals surface area (Å²) in [5, 5.41) is 0. The zero-order valence-electron chi connectivity index (χ0n) is 13.1. The van der Waals surface area contributed by atoms with E-state index in [4.69, 9.17) is 0 Å². The lowest BCUT2D eigenvalue weighted by Crippen LogP contribution is -2.39. The van der Waals surface area contributed by atoms with Gasteiger partial charge in [0.2, 0.25) is 10.0 Å². The van der Waals surface area contributed by atoms with Gasteiger partial charge in [0.25, 0.3) is 0 Å². The number of rotatable bonds is 4. The van der Waals surface area contributed by atoms with Crippen LogP contribution in [0.25, 0.3) is 0 Å². The monoisotopic (exact) mass is 324 g/mol. The second-order valence-corrected chi connectivity index (χ2v) is 8.38. The smallest absolute Gasteiger partial charge is 0.211 e. The van der Waals surface area contributed by atoms with Crippen LogP contribution >= 0.6 is 0 Å². The molecular weight excluding hydrogens is 300 g/mol. The van der Waals surface area contributed by atoms with Gasteiger partial charge in [0.1, 0.15) is 12.1 Å². The molecule has 7 heteroatoms. The third kappa shape index (κ3) is 3.76. The molecule has 0 spiro atoms. The lowest BCUT2D eigenvalue weighted by Gasteiger charge is -2.30. The van der Waals surface area contributed by atoms with Crippen molar-refractivity contribution >= 4 is 15.8 Å². The molecule has 0 N–H and O–H groups in total. The van der Waals surface area contributed by atoms with Gasteiger partial charge in [-0.05, 0) is 38.0 Å². The van der Waals surface area contributed by atoms with Crippen molar-refractivity contribution < 1.29 is 8.42 Å². The lowest BCUT2D eigenvalue weighted by atomic mass is 9.94. The average molecular weight is 324 g/mol. The first-order valence-electron chi connectivity index (χ1n) is 8.03. The first kappa shape index (κ1) is 15.7. The molecule has 6 nitrogen and oxygen atoms in total. The molecule has 2 fully saturated rings. The average Bonchev–Trinajstić information content (AvgIpc) is 3.01. The highest BCUT2D eigenvalue weighted by Crippen LogP contribution is 2.23. The maximum atomic E-state index is 11.7. The maximum Gasteiger partial charge on any atom is 0.211 e. The van der Waals surface area contributed by atoms with Crippen molar-refractivity contribution in [1.82, 2.24) is 14.3 Å². The van der Waals surface area contributed by atoms with Crippen molar-refractivity contribution in [3.8, 4) is 0 Å². The number of aromatic nitrogens is 2. The van der Waals surface area contributed by atoms with Gasteiger partial charge < -0.3 is 4.90 Å². The summed E-state index contributed by atoms with van der Waals surface area (Å²) >= 11 is 0. The Hall–Kier alpha value is -1.21. The van der Waals surface area contributed by atoms with E-state index >= 15 is 0 Å². The first-order chi connectivity index (χ1) is 10.5. The van der Waals surface area contributed by atoms with Gasteiger partial charge in [-0.2, -0.15) is 0 Å². The van der Waals surface area contributed by atoms with Gasteiger partial charge in [-0.3, -0.25) is 0 Å². The van der Waals surface area contributed by atoms with Gasteiger partial charge in [-0.1, -0.05) is 0 Å². The maximum absolute atomic E-state index is 11.7. The molecule has 1 atom stereocenters. The highest BCUT2D eigenvalue weighted by molar-refractivity contribution is 7.88. The van der Waals surface area contributed by atoms with Gasteiger partial charge in [-0.25, -0.2) is 22.7 Å². The van der Waals surface area contributed by atoms with Crippen LogP contribution in [0.1, 0.15) is 31.4 Å². The molecule has 2 aliphatic heterocycles. The summed E-state index contributed by atoms with van der Waals surface area (Å²) in [6, 6.07) is 2.07. The summed E-state index contributed by atoms with van der Waals surface area (Å²) in [6.45, 7) is 3.41. The Bertz CT molecular complexity index is 614. The molecule has 2 aliphatic rings. The number of hydrogen-bond acceptors (Lipinski definition) is 5. The molecule has 0 radical (unpaired) electrons. The molecular formula is C15H24N4O2S. The van der Waals surface area contributed by atoms with Crippen molar-refractivity contribution in [3.63, 3.8) is 0 Å². The quantitative estimate of drug-likeness (QED) is 0.835. The third-order valence-corrected chi connectivity index (χ3v) is 5.86. The molecule has 3 rings (SSSR count). The number of sulfonamides is 1. The predicted molar refractivity (Wildman–Crippen MR) is 86.3 cm³/mol. The molecule has 0 aromatic carbocycles. The molecule has 0 aliphatic carbocycles. The predicted octanol–water partition coefficient (Wildman–Crippen LogP) is 1.29. The molecule has 0 amide bonds. The Morgan fingerprint density at radius 1 is 1.18 bits per heavy atom. The number of piperidine rings is 1. The van der Waals surface area contributed by atoms with E-state index in [0.717, 1.165) is 43.9 Å². The Morgan fingerprint density at radius 3 is 2.68 bits per heavy atom. The highest BCUT2D eigenvalue weighted by atomic mass is 32.2. The third-order valence-electron chi connectivity index (χ3n) is 4.59. The van der Waals surface area contributed by atoms with E-state index < -0.39 is 10.0 Å². The second kappa shape index (κ2) is 6.50. The van der Waals surface area contributed by atoms with Gasteiger partial charge in [0.15, 0.2) is 0 Å². The van der Waals surface area contributed by atoms with Crippen molar-refractivity contribution in [2.45, 2.75) is 32.1 Å². The highest BCUT2D eigenvalue weighted by Gasteiger charge is 2.26. The Morgan fingerprint density at radius 2 is 1.95 bits per heavy atom. The minimum absolute atomic E-state index is 0.352. The van der Waals surface area contributed by atoms with E-state index in [9.17, 15) is 8.42 Å². The minimum atomic E-state index is -3.08. The largest absolute Gasteiger partial charge is 0.357 e. The fraction of sp³-hybridized carbons (Fsp3) is 0.733. The zero-order valence-corrected chi connectivity index (χ0v) is 13.9. The fourth-order valence-corrected chi connectivity index (χ4v) is 4.35. The van der Waals surface area contributed by atoms with E-state index in [1.807, 2.05) is 0 Å². The molecule has 1 aromatic rings. The van der Waals surface area contributed by atoms with E-state index in [2.05, 4.69) is 20.9 Å². The second-order valence-electron chi connectivity index (χ2n) is 6.40. The van der Waals surface area contributed by atoms with Crippen LogP contribution in [0.3, 0.4) is 0 Å². The minimum Gasteiger partial charge on any atom is -0.357 e. The molecule has 2 saturated heterocycles. The van der Waals surface area contributed by atoms with Gasteiger partial charge in [-0.15, -0.1) is 0 Å². The van der Waals surface area contributed by atoms with Crippen molar-refractivity contribution in [3.05, 3.63) is 18.1 Å². The summed E-state index contributed by atoms with van der Waals surface area (Å²) in [6.07, 6.45) is 8.22. The van der Waals surface area contributed by atoms with Crippen LogP contribution in [0.4, 0.5) is 5.82 Å². The summed E-state index contributed by atoms with van der Waals surface area (Å²) in [5.74, 6) is 1.36. The standard InChI is InChI=1S/C15H24N4O2S/c1-22(20,21)19-8-4-5-13(11-19)9-14-10-15(17-12-16-14)18-6-2-3-7-18/h10,12-13H,2-9,11H2,1H3. The van der Waals surface area contributed by atoms with Crippen LogP contribution in [-0.2, 0) is 16.4 Å². The van der Waals surface area contributed by atoms with Crippen LogP contribution in [0.5, 0.6) is 0 Å². The number of hydrogen-bond donors (Lipinski definition) is 0. The molecule has 1 unspecified atom stereocenters. The normalized spacial score (nSPS) is 23.9. The van der Waals surface area contributed by atoms with E-state index in [1.54, 1.807) is 10.6 Å². The van der Waals surface area contributed by atoms with Crippen molar-refractivity contribution in [2.24, 2.45) is 5.92 Å². The van der Waals surface area contributed by atoms with Crippen molar-refractivity contribution in [1.29, 1.82) is 0 Å². The van der Waals surface area contributed by atoms with E-state index in [-0.39, 0.29) is 0 Å². The first-order valence-corrected chi connectivity index (χ1v) is 9.88. The van der Waals surface area contributed by atoms with E-state index in [0.29, 0.717) is 19.0 Å². The Balaban J connectivity index is 1.66. The molecule has 1 aromatic heterocycles. The van der Waals surface area contributed by atoms with Crippen LogP contribution in [0.2, 0.25) is 0 Å².